The number of nitrogens with zero attached hydrogens (tertiary/aromatic N) is 1. The zero-order chi connectivity index (χ0) is 26.0. The maximum Gasteiger partial charge on any atom is 0.261 e. The lowest BCUT2D eigenvalue weighted by Gasteiger charge is -2.33. The summed E-state index contributed by atoms with van der Waals surface area (Å²) in [7, 11) is 0. The molecule has 37 heavy (non-hydrogen) atoms. The fourth-order valence-electron chi connectivity index (χ4n) is 4.77. The number of carbonyl (C=O) groups is 2. The number of benzene rings is 3. The van der Waals surface area contributed by atoms with E-state index in [4.69, 9.17) is 16.3 Å². The van der Waals surface area contributed by atoms with E-state index >= 15 is 0 Å². The Morgan fingerprint density at radius 3 is 2.38 bits per heavy atom. The number of halogens is 1. The molecule has 0 aromatic heterocycles. The van der Waals surface area contributed by atoms with Gasteiger partial charge in [-0.1, -0.05) is 97.1 Å². The van der Waals surface area contributed by atoms with Gasteiger partial charge in [0.1, 0.15) is 11.8 Å². The van der Waals surface area contributed by atoms with Crippen molar-refractivity contribution in [2.75, 3.05) is 6.61 Å². The highest BCUT2D eigenvalue weighted by atomic mass is 35.5. The third kappa shape index (κ3) is 8.09. The quantitative estimate of drug-likeness (QED) is 0.352. The largest absolute Gasteiger partial charge is 0.484 e. The Hall–Kier alpha value is -3.31. The molecule has 0 heterocycles. The maximum atomic E-state index is 13.8. The Labute approximate surface area is 224 Å². The van der Waals surface area contributed by atoms with E-state index in [0.717, 1.165) is 42.4 Å². The lowest BCUT2D eigenvalue weighted by Crippen LogP contribution is -2.53. The van der Waals surface area contributed by atoms with Crippen LogP contribution in [-0.2, 0) is 22.6 Å². The third-order valence-electron chi connectivity index (χ3n) is 6.85. The molecule has 1 saturated carbocycles. The fraction of sp³-hybridized carbons (Fsp3) is 0.355. The summed E-state index contributed by atoms with van der Waals surface area (Å²) in [5.74, 6) is 0.154. The molecule has 1 aliphatic carbocycles. The van der Waals surface area contributed by atoms with Crippen molar-refractivity contribution in [1.29, 1.82) is 0 Å². The standard InChI is InChI=1S/C31H35ClN2O3/c1-23-15-17-25(18-16-23)21-34(30(35)22-37-28-14-8-11-26(32)20-28)29(19-24-9-4-2-5-10-24)31(36)33-27-12-6-3-7-13-27/h2,4-5,8-11,14-18,20,27,29H,3,6-7,12-13,19,21-22H2,1H3,(H,33,36)/t29-/m1/s1. The number of amides is 2. The van der Waals surface area contributed by atoms with E-state index in [1.807, 2.05) is 61.5 Å². The molecular formula is C31H35ClN2O3. The van der Waals surface area contributed by atoms with E-state index in [2.05, 4.69) is 5.32 Å². The number of hydrogen-bond acceptors (Lipinski definition) is 3. The minimum atomic E-state index is -0.666. The number of carbonyl (C=O) groups excluding carboxylic acids is 2. The van der Waals surface area contributed by atoms with Crippen LogP contribution in [0.1, 0.15) is 48.8 Å². The van der Waals surface area contributed by atoms with E-state index in [1.54, 1.807) is 29.2 Å². The molecule has 194 valence electrons. The molecule has 0 aliphatic heterocycles. The van der Waals surface area contributed by atoms with Gasteiger partial charge in [0.15, 0.2) is 6.61 Å². The molecule has 0 spiro atoms. The second-order valence-corrected chi connectivity index (χ2v) is 10.2. The van der Waals surface area contributed by atoms with Crippen molar-refractivity contribution >= 4 is 23.4 Å². The predicted molar refractivity (Wildman–Crippen MR) is 148 cm³/mol. The Morgan fingerprint density at radius 2 is 1.68 bits per heavy atom. The highest BCUT2D eigenvalue weighted by molar-refractivity contribution is 6.30. The van der Waals surface area contributed by atoms with Crippen molar-refractivity contribution in [1.82, 2.24) is 10.2 Å². The van der Waals surface area contributed by atoms with E-state index in [9.17, 15) is 9.59 Å². The summed E-state index contributed by atoms with van der Waals surface area (Å²) < 4.78 is 5.81. The minimum absolute atomic E-state index is 0.112. The number of aryl methyl sites for hydroxylation is 1. The van der Waals surface area contributed by atoms with Crippen LogP contribution < -0.4 is 10.1 Å². The summed E-state index contributed by atoms with van der Waals surface area (Å²) in [6, 6.07) is 24.4. The van der Waals surface area contributed by atoms with E-state index in [-0.39, 0.29) is 24.5 Å². The van der Waals surface area contributed by atoms with Crippen LogP contribution in [0.3, 0.4) is 0 Å². The van der Waals surface area contributed by atoms with Gasteiger partial charge in [0.25, 0.3) is 5.91 Å². The first-order chi connectivity index (χ1) is 18.0. The highest BCUT2D eigenvalue weighted by Crippen LogP contribution is 2.21. The molecule has 6 heteroatoms. The number of ether oxygens (including phenoxy) is 1. The molecule has 3 aromatic rings. The summed E-state index contributed by atoms with van der Waals surface area (Å²) in [6.45, 7) is 2.16. The normalized spacial score (nSPS) is 14.5. The molecule has 4 rings (SSSR count). The third-order valence-corrected chi connectivity index (χ3v) is 7.09. The van der Waals surface area contributed by atoms with Gasteiger partial charge in [-0.05, 0) is 49.1 Å². The van der Waals surface area contributed by atoms with Gasteiger partial charge >= 0.3 is 0 Å². The topological polar surface area (TPSA) is 58.6 Å². The monoisotopic (exact) mass is 518 g/mol. The van der Waals surface area contributed by atoms with Crippen molar-refractivity contribution in [3.05, 3.63) is 101 Å². The number of rotatable bonds is 10. The first-order valence-corrected chi connectivity index (χ1v) is 13.4. The Kier molecular flexibility index (Phi) is 9.61. The van der Waals surface area contributed by atoms with Crippen LogP contribution in [0.4, 0.5) is 0 Å². The lowest BCUT2D eigenvalue weighted by molar-refractivity contribution is -0.143. The lowest BCUT2D eigenvalue weighted by atomic mass is 9.94. The van der Waals surface area contributed by atoms with Crippen LogP contribution in [-0.4, -0.2) is 35.4 Å². The van der Waals surface area contributed by atoms with Crippen LogP contribution in [0.2, 0.25) is 5.02 Å². The van der Waals surface area contributed by atoms with Crippen molar-refractivity contribution in [3.63, 3.8) is 0 Å². The van der Waals surface area contributed by atoms with Gasteiger partial charge in [-0.2, -0.15) is 0 Å². The summed E-state index contributed by atoms with van der Waals surface area (Å²) in [4.78, 5) is 29.1. The minimum Gasteiger partial charge on any atom is -0.484 e. The molecule has 0 unspecified atom stereocenters. The van der Waals surface area contributed by atoms with Gasteiger partial charge in [-0.25, -0.2) is 0 Å². The van der Waals surface area contributed by atoms with Crippen LogP contribution in [0.25, 0.3) is 0 Å². The summed E-state index contributed by atoms with van der Waals surface area (Å²) in [5.41, 5.74) is 3.11. The van der Waals surface area contributed by atoms with E-state index in [0.29, 0.717) is 23.7 Å². The first kappa shape index (κ1) is 26.7. The zero-order valence-corrected chi connectivity index (χ0v) is 22.1. The van der Waals surface area contributed by atoms with E-state index in [1.165, 1.54) is 6.42 Å². The Bertz CT molecular complexity index is 1160. The predicted octanol–water partition coefficient (Wildman–Crippen LogP) is 6.12. The number of hydrogen-bond donors (Lipinski definition) is 1. The second kappa shape index (κ2) is 13.3. The molecule has 2 amide bonds. The maximum absolute atomic E-state index is 13.8. The Balaban J connectivity index is 1.60. The molecule has 3 aromatic carbocycles. The molecule has 1 aliphatic rings. The van der Waals surface area contributed by atoms with Gasteiger partial charge in [0, 0.05) is 24.0 Å². The summed E-state index contributed by atoms with van der Waals surface area (Å²) in [6.07, 6.45) is 5.83. The van der Waals surface area contributed by atoms with Crippen molar-refractivity contribution in [2.45, 2.75) is 64.1 Å². The smallest absolute Gasteiger partial charge is 0.261 e. The van der Waals surface area contributed by atoms with Gasteiger partial charge in [-0.15, -0.1) is 0 Å². The van der Waals surface area contributed by atoms with Crippen molar-refractivity contribution in [2.24, 2.45) is 0 Å². The zero-order valence-electron chi connectivity index (χ0n) is 21.4. The molecule has 1 N–H and O–H groups in total. The number of nitrogens with one attached hydrogen (secondary N) is 1. The van der Waals surface area contributed by atoms with Gasteiger partial charge < -0.3 is 15.0 Å². The molecule has 5 nitrogen and oxygen atoms in total. The average Bonchev–Trinajstić information content (AvgIpc) is 2.91. The fourth-order valence-corrected chi connectivity index (χ4v) is 4.95. The van der Waals surface area contributed by atoms with Gasteiger partial charge in [0.05, 0.1) is 0 Å². The molecular weight excluding hydrogens is 484 g/mol. The van der Waals surface area contributed by atoms with Crippen LogP contribution in [0, 0.1) is 6.92 Å². The van der Waals surface area contributed by atoms with Gasteiger partial charge in [0.2, 0.25) is 5.91 Å². The molecule has 0 radical (unpaired) electrons. The van der Waals surface area contributed by atoms with Gasteiger partial charge in [-0.3, -0.25) is 9.59 Å². The summed E-state index contributed by atoms with van der Waals surface area (Å²) >= 11 is 6.09. The molecule has 1 atom stereocenters. The van der Waals surface area contributed by atoms with Crippen molar-refractivity contribution < 1.29 is 14.3 Å². The molecule has 0 saturated heterocycles. The summed E-state index contributed by atoms with van der Waals surface area (Å²) in [5, 5.41) is 3.80. The van der Waals surface area contributed by atoms with Crippen molar-refractivity contribution in [3.8, 4) is 5.75 Å². The molecule has 0 bridgehead atoms. The van der Waals surface area contributed by atoms with Crippen LogP contribution >= 0.6 is 11.6 Å². The Morgan fingerprint density at radius 1 is 0.946 bits per heavy atom. The molecule has 1 fully saturated rings. The first-order valence-electron chi connectivity index (χ1n) is 13.1. The SMILES string of the molecule is Cc1ccc(CN(C(=O)COc2cccc(Cl)c2)[C@H](Cc2ccccc2)C(=O)NC2CCCCC2)cc1. The van der Waals surface area contributed by atoms with E-state index < -0.39 is 6.04 Å². The second-order valence-electron chi connectivity index (χ2n) is 9.80. The van der Waals surface area contributed by atoms with Crippen LogP contribution in [0.5, 0.6) is 5.75 Å². The van der Waals surface area contributed by atoms with Crippen LogP contribution in [0.15, 0.2) is 78.9 Å². The highest BCUT2D eigenvalue weighted by Gasteiger charge is 2.32. The average molecular weight is 519 g/mol.